The van der Waals surface area contributed by atoms with Crippen molar-refractivity contribution in [2.24, 2.45) is 0 Å². The lowest BCUT2D eigenvalue weighted by atomic mass is 10.0. The fourth-order valence-corrected chi connectivity index (χ4v) is 1.01. The summed E-state index contributed by atoms with van der Waals surface area (Å²) in [6, 6.07) is 0. The van der Waals surface area contributed by atoms with Crippen molar-refractivity contribution in [2.45, 2.75) is 31.5 Å². The molecule has 0 bridgehead atoms. The third kappa shape index (κ3) is 4.52. The number of aliphatic hydroxyl groups is 4. The van der Waals surface area contributed by atoms with Gasteiger partial charge in [-0.15, -0.1) is 0 Å². The van der Waals surface area contributed by atoms with Gasteiger partial charge in [-0.1, -0.05) is 0 Å². The van der Waals surface area contributed by atoms with Crippen molar-refractivity contribution < 1.29 is 34.7 Å². The zero-order chi connectivity index (χ0) is 12.7. The molecule has 7 nitrogen and oxygen atoms in total. The maximum Gasteiger partial charge on any atom is 0.189 e. The fraction of sp³-hybridized carbons (Fsp3) is 0.889. The van der Waals surface area contributed by atoms with Gasteiger partial charge in [-0.25, -0.2) is 0 Å². The maximum absolute atomic E-state index is 11.2. The van der Waals surface area contributed by atoms with Crippen molar-refractivity contribution >= 4 is 5.78 Å². The van der Waals surface area contributed by atoms with Gasteiger partial charge < -0.3 is 29.9 Å². The summed E-state index contributed by atoms with van der Waals surface area (Å²) >= 11 is 0. The van der Waals surface area contributed by atoms with Gasteiger partial charge in [0.2, 0.25) is 0 Å². The summed E-state index contributed by atoms with van der Waals surface area (Å²) in [5.41, 5.74) is 0. The smallest absolute Gasteiger partial charge is 0.189 e. The van der Waals surface area contributed by atoms with E-state index in [-0.39, 0.29) is 0 Å². The number of Topliss-reactive ketones (excluding diaryl/α,β-unsaturated/α-hetero) is 1. The predicted molar refractivity (Wildman–Crippen MR) is 52.5 cm³/mol. The second-order valence-corrected chi connectivity index (χ2v) is 3.22. The van der Waals surface area contributed by atoms with Gasteiger partial charge in [-0.05, 0) is 6.92 Å². The SMILES string of the molecule is COC(C)OC(C(=O)CO)C(O)C(O)CO. The normalized spacial score (nSPS) is 18.9. The molecule has 7 heteroatoms. The van der Waals surface area contributed by atoms with Crippen LogP contribution in [0.3, 0.4) is 0 Å². The van der Waals surface area contributed by atoms with E-state index < -0.39 is 43.6 Å². The number of rotatable bonds is 8. The highest BCUT2D eigenvalue weighted by atomic mass is 16.7. The standard InChI is InChI=1S/C9H18O7/c1-5(15-2)16-9(7(13)4-11)8(14)6(12)3-10/h5-6,8-12,14H,3-4H2,1-2H3. The number of aliphatic hydroxyl groups excluding tert-OH is 4. The van der Waals surface area contributed by atoms with Crippen LogP contribution in [0.5, 0.6) is 0 Å². The van der Waals surface area contributed by atoms with Crippen molar-refractivity contribution in [1.29, 1.82) is 0 Å². The van der Waals surface area contributed by atoms with Crippen LogP contribution in [0.4, 0.5) is 0 Å². The number of carbonyl (C=O) groups excluding carboxylic acids is 1. The minimum Gasteiger partial charge on any atom is -0.394 e. The number of methoxy groups -OCH3 is 1. The van der Waals surface area contributed by atoms with Gasteiger partial charge in [0.15, 0.2) is 12.1 Å². The quantitative estimate of drug-likeness (QED) is 0.349. The molecule has 0 aliphatic carbocycles. The second-order valence-electron chi connectivity index (χ2n) is 3.22. The van der Waals surface area contributed by atoms with Crippen molar-refractivity contribution in [1.82, 2.24) is 0 Å². The molecule has 0 radical (unpaired) electrons. The number of carbonyl (C=O) groups is 1. The van der Waals surface area contributed by atoms with Gasteiger partial charge in [-0.3, -0.25) is 4.79 Å². The van der Waals surface area contributed by atoms with Crippen molar-refractivity contribution in [3.8, 4) is 0 Å². The molecular formula is C9H18O7. The Morgan fingerprint density at radius 3 is 2.25 bits per heavy atom. The van der Waals surface area contributed by atoms with Crippen molar-refractivity contribution in [2.75, 3.05) is 20.3 Å². The predicted octanol–water partition coefficient (Wildman–Crippen LogP) is -2.36. The monoisotopic (exact) mass is 238 g/mol. The minimum atomic E-state index is -1.62. The van der Waals surface area contributed by atoms with E-state index in [0.29, 0.717) is 0 Å². The molecule has 16 heavy (non-hydrogen) atoms. The third-order valence-electron chi connectivity index (χ3n) is 2.03. The molecule has 0 saturated carbocycles. The van der Waals surface area contributed by atoms with Gasteiger partial charge >= 0.3 is 0 Å². The Bertz CT molecular complexity index is 208. The van der Waals surface area contributed by atoms with Gasteiger partial charge in [0.25, 0.3) is 0 Å². The lowest BCUT2D eigenvalue weighted by Crippen LogP contribution is -2.47. The lowest BCUT2D eigenvalue weighted by molar-refractivity contribution is -0.193. The summed E-state index contributed by atoms with van der Waals surface area (Å²) in [5.74, 6) is -0.802. The molecule has 4 atom stereocenters. The summed E-state index contributed by atoms with van der Waals surface area (Å²) in [7, 11) is 1.33. The second kappa shape index (κ2) is 7.66. The van der Waals surface area contributed by atoms with Crippen molar-refractivity contribution in [3.05, 3.63) is 0 Å². The maximum atomic E-state index is 11.2. The van der Waals surface area contributed by atoms with Crippen LogP contribution in [0.1, 0.15) is 6.92 Å². The van der Waals surface area contributed by atoms with Crippen LogP contribution in [-0.4, -0.2) is 71.1 Å². The molecule has 0 aromatic rings. The van der Waals surface area contributed by atoms with E-state index in [1.54, 1.807) is 0 Å². The zero-order valence-electron chi connectivity index (χ0n) is 9.24. The number of ketones is 1. The first-order valence-electron chi connectivity index (χ1n) is 4.76. The number of hydrogen-bond acceptors (Lipinski definition) is 7. The molecule has 0 aliphatic heterocycles. The first-order valence-corrected chi connectivity index (χ1v) is 4.76. The molecule has 0 saturated heterocycles. The Hall–Kier alpha value is -0.570. The summed E-state index contributed by atoms with van der Waals surface area (Å²) < 4.78 is 9.71. The highest BCUT2D eigenvalue weighted by Crippen LogP contribution is 2.09. The molecule has 0 aromatic carbocycles. The molecule has 0 spiro atoms. The molecule has 4 N–H and O–H groups in total. The van der Waals surface area contributed by atoms with E-state index in [4.69, 9.17) is 19.7 Å². The number of hydrogen-bond donors (Lipinski definition) is 4. The lowest BCUT2D eigenvalue weighted by Gasteiger charge is -2.26. The van der Waals surface area contributed by atoms with E-state index in [1.165, 1.54) is 14.0 Å². The summed E-state index contributed by atoms with van der Waals surface area (Å²) in [4.78, 5) is 11.2. The van der Waals surface area contributed by atoms with E-state index in [0.717, 1.165) is 0 Å². The largest absolute Gasteiger partial charge is 0.394 e. The fourth-order valence-electron chi connectivity index (χ4n) is 1.01. The summed E-state index contributed by atoms with van der Waals surface area (Å²) in [6.45, 7) is -0.0763. The molecule has 0 aliphatic rings. The summed E-state index contributed by atoms with van der Waals surface area (Å²) in [5, 5.41) is 36.0. The van der Waals surface area contributed by atoms with Gasteiger partial charge in [0.05, 0.1) is 6.61 Å². The molecule has 0 heterocycles. The Balaban J connectivity index is 4.59. The number of ether oxygens (including phenoxy) is 2. The first kappa shape index (κ1) is 15.4. The van der Waals surface area contributed by atoms with E-state index in [2.05, 4.69) is 0 Å². The van der Waals surface area contributed by atoms with Gasteiger partial charge in [0, 0.05) is 7.11 Å². The average molecular weight is 238 g/mol. The van der Waals surface area contributed by atoms with Gasteiger partial charge in [-0.2, -0.15) is 0 Å². The average Bonchev–Trinajstić information content (AvgIpc) is 2.32. The zero-order valence-corrected chi connectivity index (χ0v) is 9.24. The van der Waals surface area contributed by atoms with Crippen LogP contribution in [0.2, 0.25) is 0 Å². The van der Waals surface area contributed by atoms with Crippen LogP contribution in [0.15, 0.2) is 0 Å². The van der Waals surface area contributed by atoms with E-state index in [9.17, 15) is 15.0 Å². The first-order chi connectivity index (χ1) is 7.47. The van der Waals surface area contributed by atoms with Crippen molar-refractivity contribution in [3.63, 3.8) is 0 Å². The molecule has 0 rings (SSSR count). The molecule has 96 valence electrons. The molecule has 0 amide bonds. The minimum absolute atomic E-state index is 0.721. The van der Waals surface area contributed by atoms with Crippen LogP contribution >= 0.6 is 0 Å². The Labute approximate surface area is 93.2 Å². The van der Waals surface area contributed by atoms with E-state index in [1.807, 2.05) is 0 Å². The summed E-state index contributed by atoms with van der Waals surface area (Å²) in [6.07, 6.45) is -5.38. The topological polar surface area (TPSA) is 116 Å². The third-order valence-corrected chi connectivity index (χ3v) is 2.03. The molecule has 4 unspecified atom stereocenters. The van der Waals surface area contributed by atoms with Crippen LogP contribution in [0, 0.1) is 0 Å². The highest BCUT2D eigenvalue weighted by Gasteiger charge is 2.33. The molecule has 0 fully saturated rings. The Morgan fingerprint density at radius 1 is 1.31 bits per heavy atom. The van der Waals surface area contributed by atoms with Crippen LogP contribution < -0.4 is 0 Å². The van der Waals surface area contributed by atoms with Crippen LogP contribution in [0.25, 0.3) is 0 Å². The molecule has 0 aromatic heterocycles. The Morgan fingerprint density at radius 2 is 1.88 bits per heavy atom. The Kier molecular flexibility index (Phi) is 7.39. The highest BCUT2D eigenvalue weighted by molar-refractivity contribution is 5.84. The van der Waals surface area contributed by atoms with Gasteiger partial charge in [0.1, 0.15) is 24.9 Å². The molecular weight excluding hydrogens is 220 g/mol. The van der Waals surface area contributed by atoms with E-state index >= 15 is 0 Å². The van der Waals surface area contributed by atoms with Crippen LogP contribution in [-0.2, 0) is 14.3 Å².